The van der Waals surface area contributed by atoms with Crippen molar-refractivity contribution in [1.29, 1.82) is 0 Å². The molecule has 2 nitrogen and oxygen atoms in total. The molecule has 0 atom stereocenters. The average Bonchev–Trinajstić information content (AvgIpc) is 3.97. The normalized spacial score (nSPS) is 13.4. The van der Waals surface area contributed by atoms with E-state index in [1.807, 2.05) is 34.0 Å². The number of nitrogens with zero attached hydrogens (tertiary/aromatic N) is 1. The smallest absolute Gasteiger partial charge is 0.211 e. The predicted octanol–water partition coefficient (Wildman–Crippen LogP) is 16.0. The summed E-state index contributed by atoms with van der Waals surface area (Å²) in [4.78, 5) is 0. The van der Waals surface area contributed by atoms with Gasteiger partial charge in [-0.3, -0.25) is 0 Å². The third-order valence-electron chi connectivity index (χ3n) is 13.3. The molecule has 1 radical (unpaired) electrons. The zero-order valence-corrected chi connectivity index (χ0v) is 39.2. The highest BCUT2D eigenvalue weighted by atomic mass is 32.1. The van der Waals surface area contributed by atoms with Crippen molar-refractivity contribution >= 4 is 135 Å². The minimum absolute atomic E-state index is 0.0400. The molecule has 6 heteroatoms. The summed E-state index contributed by atoms with van der Waals surface area (Å²) in [5, 5.41) is 13.2. The van der Waals surface area contributed by atoms with Crippen LogP contribution in [0.25, 0.3) is 89.1 Å². The van der Waals surface area contributed by atoms with Gasteiger partial charge in [0.05, 0.1) is 11.2 Å². The van der Waals surface area contributed by atoms with E-state index < -0.39 is 0 Å². The van der Waals surface area contributed by atoms with Crippen LogP contribution in [0, 0.1) is 0 Å². The number of fused-ring (bicyclic) bond motifs is 13. The lowest BCUT2D eigenvalue weighted by molar-refractivity contribution is 0.590. The van der Waals surface area contributed by atoms with Crippen LogP contribution >= 0.6 is 34.0 Å². The van der Waals surface area contributed by atoms with Crippen molar-refractivity contribution in [3.05, 3.63) is 138 Å². The highest BCUT2D eigenvalue weighted by Gasteiger charge is 2.31. The van der Waals surface area contributed by atoms with Crippen LogP contribution < -0.4 is 15.6 Å². The van der Waals surface area contributed by atoms with Gasteiger partial charge in [-0.2, -0.15) is 0 Å². The van der Waals surface area contributed by atoms with Gasteiger partial charge in [-0.05, 0) is 109 Å². The summed E-state index contributed by atoms with van der Waals surface area (Å²) in [6.45, 7) is 20.7. The maximum atomic E-state index is 3.97. The zero-order chi connectivity index (χ0) is 42.6. The van der Waals surface area contributed by atoms with Crippen LogP contribution in [-0.4, -0.2) is 11.8 Å². The molecule has 0 spiro atoms. The van der Waals surface area contributed by atoms with Crippen LogP contribution in [0.5, 0.6) is 0 Å². The summed E-state index contributed by atoms with van der Waals surface area (Å²) < 4.78 is 10.6. The molecule has 11 aromatic rings. The maximum Gasteiger partial charge on any atom is 0.211 e. The Morgan fingerprint density at radius 2 is 1.06 bits per heavy atom. The van der Waals surface area contributed by atoms with Crippen molar-refractivity contribution < 1.29 is 0 Å². The quantitative estimate of drug-likeness (QED) is 0.175. The monoisotopic (exact) mass is 855 g/mol. The number of aromatic nitrogens is 1. The van der Waals surface area contributed by atoms with Crippen molar-refractivity contribution in [2.45, 2.75) is 78.6 Å². The van der Waals surface area contributed by atoms with E-state index in [0.717, 1.165) is 11.4 Å². The first-order chi connectivity index (χ1) is 29.6. The summed E-state index contributed by atoms with van der Waals surface area (Å²) in [5.74, 6) is 0. The summed E-state index contributed by atoms with van der Waals surface area (Å²) in [7, 11) is 2.51. The maximum absolute atomic E-state index is 3.97. The molecular formula is C56H48BN2S3. The molecule has 0 aliphatic carbocycles. The number of nitrogens with one attached hydrogen (secondary N) is 1. The second kappa shape index (κ2) is 13.1. The van der Waals surface area contributed by atoms with Crippen molar-refractivity contribution in [2.75, 3.05) is 5.32 Å². The number of anilines is 2. The Hall–Kier alpha value is -5.40. The highest BCUT2D eigenvalue weighted by Crippen LogP contribution is 2.47. The standard InChI is InChI=1S/C56H48BN2S3/c1-54(2,3)30-14-18-33(19-15-30)58-43-26-40-35-20-16-32(56(7,8)9)25-47(35)61-48(40)28-38(43)36-21-22-37-39-29-49-41(34-12-10-11-13-45(34)60-49)27-44(39)59-51(37)50(36)57-53-52(59)42-24-31(55(4,5)6)17-23-46(42)62-53/h10-29,58H,1-9H3. The lowest BCUT2D eigenvalue weighted by atomic mass is 9.63. The van der Waals surface area contributed by atoms with Gasteiger partial charge in [0.25, 0.3) is 0 Å². The molecule has 0 amide bonds. The summed E-state index contributed by atoms with van der Waals surface area (Å²) in [6.07, 6.45) is 0. The van der Waals surface area contributed by atoms with Gasteiger partial charge in [0.1, 0.15) is 0 Å². The van der Waals surface area contributed by atoms with E-state index in [1.54, 1.807) is 0 Å². The molecule has 1 aliphatic heterocycles. The van der Waals surface area contributed by atoms with E-state index in [1.165, 1.54) is 116 Å². The minimum atomic E-state index is 0.0400. The molecule has 0 unspecified atom stereocenters. The van der Waals surface area contributed by atoms with Gasteiger partial charge in [0.2, 0.25) is 7.28 Å². The lowest BCUT2D eigenvalue weighted by Crippen LogP contribution is -2.35. The molecule has 0 fully saturated rings. The molecule has 0 bridgehead atoms. The Kier molecular flexibility index (Phi) is 8.08. The van der Waals surface area contributed by atoms with Gasteiger partial charge in [-0.25, -0.2) is 0 Å². The van der Waals surface area contributed by atoms with Crippen LogP contribution in [0.1, 0.15) is 79.0 Å². The molecule has 7 aromatic carbocycles. The van der Waals surface area contributed by atoms with Gasteiger partial charge in [-0.1, -0.05) is 123 Å². The largest absolute Gasteiger partial charge is 0.355 e. The number of thiophene rings is 3. The van der Waals surface area contributed by atoms with Gasteiger partial charge >= 0.3 is 0 Å². The average molecular weight is 856 g/mol. The third kappa shape index (κ3) is 5.79. The summed E-state index contributed by atoms with van der Waals surface area (Å²) >= 11 is 5.74. The Labute approximate surface area is 376 Å². The van der Waals surface area contributed by atoms with Gasteiger partial charge in [0.15, 0.2) is 0 Å². The van der Waals surface area contributed by atoms with Crippen LogP contribution in [0.3, 0.4) is 0 Å². The molecule has 0 saturated heterocycles. The number of rotatable bonds is 3. The Balaban J connectivity index is 1.15. The fraction of sp³-hybridized carbons (Fsp3) is 0.214. The molecule has 4 aromatic heterocycles. The Morgan fingerprint density at radius 1 is 0.452 bits per heavy atom. The number of hydrogen-bond acceptors (Lipinski definition) is 4. The topological polar surface area (TPSA) is 17.0 Å². The first kappa shape index (κ1) is 38.3. The molecule has 303 valence electrons. The molecule has 12 rings (SSSR count). The molecule has 1 N–H and O–H groups in total. The SMILES string of the molecule is CC(C)(C)c1ccc(Nc2cc3c(cc2-c2ccc4c5cc6sc7ccccc7c6cc5n5c4c2[B]c2sc4ccc(C(C)(C)C)cc4c2-5)sc2cc(C(C)(C)C)ccc23)cc1. The summed E-state index contributed by atoms with van der Waals surface area (Å²) in [6, 6.07) is 46.9. The van der Waals surface area contributed by atoms with E-state index in [0.29, 0.717) is 0 Å². The van der Waals surface area contributed by atoms with E-state index in [-0.39, 0.29) is 16.2 Å². The number of hydrogen-bond donors (Lipinski definition) is 1. The fourth-order valence-electron chi connectivity index (χ4n) is 9.81. The first-order valence-corrected chi connectivity index (χ1v) is 24.3. The van der Waals surface area contributed by atoms with Crippen LogP contribution in [-0.2, 0) is 16.2 Å². The van der Waals surface area contributed by atoms with E-state index in [9.17, 15) is 0 Å². The second-order valence-corrected chi connectivity index (χ2v) is 23.8. The molecule has 1 aliphatic rings. The highest BCUT2D eigenvalue weighted by molar-refractivity contribution is 7.29. The minimum Gasteiger partial charge on any atom is -0.355 e. The Bertz CT molecular complexity index is 3680. The summed E-state index contributed by atoms with van der Waals surface area (Å²) in [5.41, 5.74) is 14.1. The van der Waals surface area contributed by atoms with Crippen LogP contribution in [0.4, 0.5) is 11.4 Å². The molecule has 62 heavy (non-hydrogen) atoms. The van der Waals surface area contributed by atoms with E-state index >= 15 is 0 Å². The number of benzene rings is 7. The second-order valence-electron chi connectivity index (χ2n) is 20.6. The van der Waals surface area contributed by atoms with Crippen molar-refractivity contribution in [3.63, 3.8) is 0 Å². The molecule has 0 saturated carbocycles. The molecular weight excluding hydrogens is 808 g/mol. The first-order valence-electron chi connectivity index (χ1n) is 21.8. The zero-order valence-electron chi connectivity index (χ0n) is 36.8. The lowest BCUT2D eigenvalue weighted by Gasteiger charge is -2.23. The van der Waals surface area contributed by atoms with Crippen molar-refractivity contribution in [3.8, 4) is 16.8 Å². The van der Waals surface area contributed by atoms with Crippen LogP contribution in [0.2, 0.25) is 0 Å². The fourth-order valence-corrected chi connectivity index (χ4v) is 13.2. The van der Waals surface area contributed by atoms with E-state index in [4.69, 9.17) is 0 Å². The van der Waals surface area contributed by atoms with Gasteiger partial charge < -0.3 is 9.88 Å². The third-order valence-corrected chi connectivity index (χ3v) is 16.7. The molecule has 5 heterocycles. The van der Waals surface area contributed by atoms with Gasteiger partial charge in [-0.15, -0.1) is 34.0 Å². The van der Waals surface area contributed by atoms with Crippen molar-refractivity contribution in [1.82, 2.24) is 4.57 Å². The van der Waals surface area contributed by atoms with Gasteiger partial charge in [0, 0.05) is 83.7 Å². The van der Waals surface area contributed by atoms with Crippen LogP contribution in [0.15, 0.2) is 121 Å². The Morgan fingerprint density at radius 3 is 1.84 bits per heavy atom. The van der Waals surface area contributed by atoms with Crippen molar-refractivity contribution in [2.24, 2.45) is 0 Å². The van der Waals surface area contributed by atoms with E-state index in [2.05, 4.69) is 201 Å². The predicted molar refractivity (Wildman–Crippen MR) is 278 cm³/mol.